The van der Waals surface area contributed by atoms with Gasteiger partial charge in [-0.3, -0.25) is 0 Å². The number of benzene rings is 1. The van der Waals surface area contributed by atoms with Crippen molar-refractivity contribution in [3.63, 3.8) is 0 Å². The minimum absolute atomic E-state index is 0.0171. The van der Waals surface area contributed by atoms with E-state index in [-0.39, 0.29) is 16.8 Å². The molecule has 0 radical (unpaired) electrons. The average molecular weight is 430 g/mol. The van der Waals surface area contributed by atoms with Crippen molar-refractivity contribution >= 4 is 33.4 Å². The van der Waals surface area contributed by atoms with Gasteiger partial charge in [0.15, 0.2) is 5.82 Å². The molecule has 1 aliphatic heterocycles. The highest BCUT2D eigenvalue weighted by molar-refractivity contribution is 7.89. The quantitative estimate of drug-likeness (QED) is 0.493. The second-order valence-corrected chi connectivity index (χ2v) is 8.49. The summed E-state index contributed by atoms with van der Waals surface area (Å²) in [5.41, 5.74) is 6.61. The number of nitrogens with zero attached hydrogens (tertiary/aromatic N) is 7. The van der Waals surface area contributed by atoms with Crippen LogP contribution in [-0.4, -0.2) is 71.3 Å². The molecule has 1 fully saturated rings. The Morgan fingerprint density at radius 1 is 1.03 bits per heavy atom. The molecule has 3 aromatic rings. The van der Waals surface area contributed by atoms with E-state index in [1.54, 1.807) is 12.1 Å². The third-order valence-electron chi connectivity index (χ3n) is 4.75. The zero-order chi connectivity index (χ0) is 21.3. The minimum atomic E-state index is -3.75. The van der Waals surface area contributed by atoms with E-state index in [0.717, 1.165) is 32.0 Å². The molecule has 30 heavy (non-hydrogen) atoms. The highest BCUT2D eigenvalue weighted by Crippen LogP contribution is 2.20. The van der Waals surface area contributed by atoms with E-state index in [4.69, 9.17) is 10.9 Å². The fraction of sp³-hybridized carbons (Fsp3) is 0.294. The maximum Gasteiger partial charge on any atom is 0.248 e. The van der Waals surface area contributed by atoms with E-state index < -0.39 is 10.0 Å². The van der Waals surface area contributed by atoms with Gasteiger partial charge in [-0.25, -0.2) is 23.5 Å². The number of nitrogens with two attached hydrogens (primary N) is 2. The van der Waals surface area contributed by atoms with E-state index in [1.807, 2.05) is 6.07 Å². The van der Waals surface area contributed by atoms with Crippen LogP contribution in [0.1, 0.15) is 0 Å². The Kier molecular flexibility index (Phi) is 5.24. The van der Waals surface area contributed by atoms with Crippen molar-refractivity contribution in [3.8, 4) is 5.82 Å². The number of likely N-dealkylation sites (N-methyl/N-ethyl adjacent to an activating group) is 1. The van der Waals surface area contributed by atoms with Crippen LogP contribution in [0.15, 0.2) is 41.6 Å². The summed E-state index contributed by atoms with van der Waals surface area (Å²) in [4.78, 5) is 17.3. The van der Waals surface area contributed by atoms with Crippen LogP contribution in [0.2, 0.25) is 0 Å². The van der Waals surface area contributed by atoms with Crippen LogP contribution in [0.25, 0.3) is 5.82 Å². The lowest BCUT2D eigenvalue weighted by Crippen LogP contribution is -2.44. The van der Waals surface area contributed by atoms with Crippen molar-refractivity contribution in [1.82, 2.24) is 29.6 Å². The number of piperazine rings is 1. The fourth-order valence-electron chi connectivity index (χ4n) is 3.06. The van der Waals surface area contributed by atoms with Crippen molar-refractivity contribution in [2.24, 2.45) is 5.14 Å². The molecule has 4 rings (SSSR count). The Hall–Kier alpha value is -3.29. The maximum atomic E-state index is 11.4. The van der Waals surface area contributed by atoms with Gasteiger partial charge >= 0.3 is 0 Å². The molecule has 0 aliphatic carbocycles. The van der Waals surface area contributed by atoms with Gasteiger partial charge in [-0.2, -0.15) is 9.67 Å². The molecule has 3 heterocycles. The molecule has 5 N–H and O–H groups in total. The van der Waals surface area contributed by atoms with Crippen LogP contribution in [0.4, 0.5) is 23.4 Å². The number of sulfonamides is 1. The molecule has 2 aromatic heterocycles. The number of rotatable bonds is 5. The zero-order valence-corrected chi connectivity index (χ0v) is 17.1. The van der Waals surface area contributed by atoms with Gasteiger partial charge < -0.3 is 20.9 Å². The third kappa shape index (κ3) is 4.32. The predicted octanol–water partition coefficient (Wildman–Crippen LogP) is -0.218. The van der Waals surface area contributed by atoms with Gasteiger partial charge in [-0.15, -0.1) is 5.10 Å². The van der Waals surface area contributed by atoms with Crippen LogP contribution < -0.4 is 21.1 Å². The van der Waals surface area contributed by atoms with Crippen molar-refractivity contribution < 1.29 is 8.42 Å². The van der Waals surface area contributed by atoms with Crippen molar-refractivity contribution in [1.29, 1.82) is 0 Å². The summed E-state index contributed by atoms with van der Waals surface area (Å²) in [7, 11) is -1.66. The lowest BCUT2D eigenvalue weighted by molar-refractivity contribution is 0.312. The molecule has 0 unspecified atom stereocenters. The number of aromatic nitrogens is 5. The Bertz CT molecular complexity index is 1140. The Balaban J connectivity index is 1.53. The summed E-state index contributed by atoms with van der Waals surface area (Å²) >= 11 is 0. The van der Waals surface area contributed by atoms with Crippen LogP contribution in [-0.2, 0) is 10.0 Å². The van der Waals surface area contributed by atoms with Crippen molar-refractivity contribution in [3.05, 3.63) is 36.7 Å². The van der Waals surface area contributed by atoms with Gasteiger partial charge in [0.05, 0.1) is 4.90 Å². The Morgan fingerprint density at radius 2 is 1.70 bits per heavy atom. The molecule has 0 spiro atoms. The highest BCUT2D eigenvalue weighted by Gasteiger charge is 2.17. The molecular formula is C17H22N10O2S. The summed E-state index contributed by atoms with van der Waals surface area (Å²) in [5, 5.41) is 12.4. The first kappa shape index (κ1) is 20.0. The molecule has 1 aromatic carbocycles. The molecule has 0 bridgehead atoms. The standard InChI is InChI=1S/C17H22N10O2S/c1-25-6-8-26(9-7-25)14-10-15(21-11-20-14)27-16(18)23-17(24-27)22-12-2-4-13(5-3-12)30(19,28)29/h2-5,10-11H,6-9H2,1H3,(H2,19,28,29)(H3,18,22,23,24). The van der Waals surface area contributed by atoms with E-state index in [0.29, 0.717) is 11.5 Å². The smallest absolute Gasteiger partial charge is 0.248 e. The summed E-state index contributed by atoms with van der Waals surface area (Å²) in [5.74, 6) is 1.70. The van der Waals surface area contributed by atoms with Crippen molar-refractivity contribution in [2.75, 3.05) is 49.2 Å². The zero-order valence-electron chi connectivity index (χ0n) is 16.3. The van der Waals surface area contributed by atoms with Crippen molar-refractivity contribution in [2.45, 2.75) is 4.90 Å². The summed E-state index contributed by atoms with van der Waals surface area (Å²) < 4.78 is 24.1. The molecule has 1 aliphatic rings. The molecule has 0 atom stereocenters. The highest BCUT2D eigenvalue weighted by atomic mass is 32.2. The normalized spacial score (nSPS) is 15.3. The number of anilines is 4. The third-order valence-corrected chi connectivity index (χ3v) is 5.68. The minimum Gasteiger partial charge on any atom is -0.368 e. The Labute approximate surface area is 173 Å². The van der Waals surface area contributed by atoms with Crippen LogP contribution in [0, 0.1) is 0 Å². The average Bonchev–Trinajstić information content (AvgIpc) is 3.08. The molecule has 0 amide bonds. The number of primary sulfonamides is 1. The van der Waals surface area contributed by atoms with Gasteiger partial charge in [0.25, 0.3) is 0 Å². The molecule has 158 valence electrons. The van der Waals surface area contributed by atoms with Crippen LogP contribution in [0.3, 0.4) is 0 Å². The van der Waals surface area contributed by atoms with E-state index in [2.05, 4.69) is 42.2 Å². The van der Waals surface area contributed by atoms with Crippen LogP contribution >= 0.6 is 0 Å². The lowest BCUT2D eigenvalue weighted by Gasteiger charge is -2.33. The second kappa shape index (κ2) is 7.85. The van der Waals surface area contributed by atoms with Gasteiger partial charge in [-0.05, 0) is 31.3 Å². The van der Waals surface area contributed by atoms with Gasteiger partial charge in [0.2, 0.25) is 21.9 Å². The van der Waals surface area contributed by atoms with Gasteiger partial charge in [-0.1, -0.05) is 0 Å². The molecular weight excluding hydrogens is 408 g/mol. The SMILES string of the molecule is CN1CCN(c2cc(-n3nc(Nc4ccc(S(N)(=O)=O)cc4)nc3N)ncn2)CC1. The molecule has 12 nitrogen and oxygen atoms in total. The van der Waals surface area contributed by atoms with E-state index in [1.165, 1.54) is 23.1 Å². The largest absolute Gasteiger partial charge is 0.368 e. The second-order valence-electron chi connectivity index (χ2n) is 6.92. The lowest BCUT2D eigenvalue weighted by atomic mass is 10.3. The number of nitrogen functional groups attached to an aromatic ring is 1. The first-order valence-corrected chi connectivity index (χ1v) is 10.7. The first-order valence-electron chi connectivity index (χ1n) is 9.18. The monoisotopic (exact) mass is 430 g/mol. The predicted molar refractivity (Wildman–Crippen MR) is 112 cm³/mol. The molecule has 13 heteroatoms. The number of hydrogen-bond donors (Lipinski definition) is 3. The summed E-state index contributed by atoms with van der Waals surface area (Å²) in [6.45, 7) is 3.68. The van der Waals surface area contributed by atoms with E-state index in [9.17, 15) is 8.42 Å². The van der Waals surface area contributed by atoms with Crippen LogP contribution in [0.5, 0.6) is 0 Å². The summed E-state index contributed by atoms with van der Waals surface area (Å²) in [6.07, 6.45) is 1.48. The van der Waals surface area contributed by atoms with Gasteiger partial charge in [0.1, 0.15) is 12.1 Å². The molecule has 0 saturated carbocycles. The maximum absolute atomic E-state index is 11.4. The Morgan fingerprint density at radius 3 is 2.37 bits per heavy atom. The number of hydrogen-bond acceptors (Lipinski definition) is 10. The molecule has 1 saturated heterocycles. The topological polar surface area (TPSA) is 161 Å². The van der Waals surface area contributed by atoms with E-state index >= 15 is 0 Å². The first-order chi connectivity index (χ1) is 14.3. The number of nitrogens with one attached hydrogen (secondary N) is 1. The summed E-state index contributed by atoms with van der Waals surface area (Å²) in [6, 6.07) is 7.73. The van der Waals surface area contributed by atoms with Gasteiger partial charge in [0, 0.05) is 37.9 Å². The fourth-order valence-corrected chi connectivity index (χ4v) is 3.58.